The molecule has 0 atom stereocenters. The highest BCUT2D eigenvalue weighted by Crippen LogP contribution is 2.22. The van der Waals surface area contributed by atoms with Crippen LogP contribution < -0.4 is 9.47 Å². The van der Waals surface area contributed by atoms with Crippen molar-refractivity contribution in [3.05, 3.63) is 57.0 Å². The zero-order chi connectivity index (χ0) is 20.4. The zero-order valence-corrected chi connectivity index (χ0v) is 18.5. The Morgan fingerprint density at radius 1 is 0.750 bits per heavy atom. The van der Waals surface area contributed by atoms with Gasteiger partial charge in [0.25, 0.3) is 0 Å². The molecule has 7 heteroatoms. The summed E-state index contributed by atoms with van der Waals surface area (Å²) in [5, 5.41) is 0. The average Bonchev–Trinajstić information content (AvgIpc) is 2.67. The van der Waals surface area contributed by atoms with Gasteiger partial charge in [-0.15, -0.1) is 0 Å². The first kappa shape index (κ1) is 22.8. The van der Waals surface area contributed by atoms with E-state index in [2.05, 4.69) is 31.9 Å². The van der Waals surface area contributed by atoms with Gasteiger partial charge in [0.1, 0.15) is 28.9 Å². The van der Waals surface area contributed by atoms with Crippen molar-refractivity contribution in [2.24, 2.45) is 0 Å². The molecular weight excluding hydrogens is 498 g/mol. The third-order valence-electron chi connectivity index (χ3n) is 4.02. The fourth-order valence-corrected chi connectivity index (χ4v) is 2.98. The van der Waals surface area contributed by atoms with Gasteiger partial charge in [0, 0.05) is 25.0 Å². The third-order valence-corrected chi connectivity index (χ3v) is 5.31. The maximum atomic E-state index is 13.4. The number of ketones is 1. The normalized spacial score (nSPS) is 10.7. The van der Waals surface area contributed by atoms with Crippen molar-refractivity contribution in [2.45, 2.75) is 38.5 Å². The summed E-state index contributed by atoms with van der Waals surface area (Å²) >= 11 is 6.19. The van der Waals surface area contributed by atoms with Crippen LogP contribution in [0.25, 0.3) is 0 Å². The number of carbonyl (C=O) groups excluding carboxylic acids is 1. The number of ether oxygens (including phenoxy) is 2. The van der Waals surface area contributed by atoms with E-state index in [4.69, 9.17) is 9.47 Å². The van der Waals surface area contributed by atoms with Crippen LogP contribution in [0.2, 0.25) is 0 Å². The van der Waals surface area contributed by atoms with E-state index >= 15 is 0 Å². The standard InChI is InChI=1S/C21H22Br2F2O3/c22-18-9-7-16(13-20(18)24)27-11-3-1-5-15(26)6-2-4-12-28-17-8-10-19(23)21(25)14-17/h7-10,13-14H,1-6,11-12H2. The molecule has 0 fully saturated rings. The molecule has 0 saturated heterocycles. The second kappa shape index (κ2) is 12.2. The fourth-order valence-electron chi connectivity index (χ4n) is 2.49. The molecule has 0 heterocycles. The van der Waals surface area contributed by atoms with E-state index in [0.717, 1.165) is 25.7 Å². The summed E-state index contributed by atoms with van der Waals surface area (Å²) in [4.78, 5) is 11.9. The van der Waals surface area contributed by atoms with Crippen molar-refractivity contribution in [2.75, 3.05) is 13.2 Å². The number of unbranched alkanes of at least 4 members (excludes halogenated alkanes) is 2. The van der Waals surface area contributed by atoms with Crippen LogP contribution >= 0.6 is 31.9 Å². The van der Waals surface area contributed by atoms with Gasteiger partial charge in [0.15, 0.2) is 0 Å². The summed E-state index contributed by atoms with van der Waals surface area (Å²) < 4.78 is 38.5. The van der Waals surface area contributed by atoms with Gasteiger partial charge < -0.3 is 9.47 Å². The molecule has 2 aromatic rings. The van der Waals surface area contributed by atoms with E-state index in [0.29, 0.717) is 46.5 Å². The Balaban J connectivity index is 1.49. The number of hydrogen-bond acceptors (Lipinski definition) is 3. The minimum atomic E-state index is -0.359. The predicted octanol–water partition coefficient (Wildman–Crippen LogP) is 6.86. The second-order valence-electron chi connectivity index (χ2n) is 6.30. The summed E-state index contributed by atoms with van der Waals surface area (Å²) in [6.45, 7) is 0.901. The molecule has 3 nitrogen and oxygen atoms in total. The van der Waals surface area contributed by atoms with Crippen molar-refractivity contribution in [3.8, 4) is 11.5 Å². The molecule has 0 spiro atoms. The Kier molecular flexibility index (Phi) is 9.92. The number of benzene rings is 2. The van der Waals surface area contributed by atoms with Crippen molar-refractivity contribution in [3.63, 3.8) is 0 Å². The first-order chi connectivity index (χ1) is 13.5. The summed E-state index contributed by atoms with van der Waals surface area (Å²) in [5.74, 6) is 0.462. The van der Waals surface area contributed by atoms with Crippen LogP contribution in [-0.2, 0) is 4.79 Å². The molecule has 0 bridgehead atoms. The third kappa shape index (κ3) is 8.27. The second-order valence-corrected chi connectivity index (χ2v) is 8.01. The molecule has 0 aliphatic carbocycles. The minimum Gasteiger partial charge on any atom is -0.493 e. The molecular formula is C21H22Br2F2O3. The molecule has 0 amide bonds. The smallest absolute Gasteiger partial charge is 0.141 e. The van der Waals surface area contributed by atoms with Crippen LogP contribution in [0.1, 0.15) is 38.5 Å². The molecule has 0 radical (unpaired) electrons. The molecule has 0 N–H and O–H groups in total. The molecule has 2 aromatic carbocycles. The van der Waals surface area contributed by atoms with Crippen LogP contribution in [-0.4, -0.2) is 19.0 Å². The van der Waals surface area contributed by atoms with E-state index in [1.54, 1.807) is 24.3 Å². The summed E-state index contributed by atoms with van der Waals surface area (Å²) in [5.41, 5.74) is 0. The van der Waals surface area contributed by atoms with Gasteiger partial charge in [0.2, 0.25) is 0 Å². The number of carbonyl (C=O) groups is 1. The van der Waals surface area contributed by atoms with Gasteiger partial charge in [-0.05, 0) is 81.8 Å². The van der Waals surface area contributed by atoms with Crippen molar-refractivity contribution < 1.29 is 23.0 Å². The molecule has 152 valence electrons. The van der Waals surface area contributed by atoms with Gasteiger partial charge >= 0.3 is 0 Å². The van der Waals surface area contributed by atoms with Gasteiger partial charge in [-0.2, -0.15) is 0 Å². The van der Waals surface area contributed by atoms with Crippen LogP contribution in [0.15, 0.2) is 45.3 Å². The van der Waals surface area contributed by atoms with E-state index < -0.39 is 0 Å². The molecule has 2 rings (SSSR count). The Morgan fingerprint density at radius 3 is 1.57 bits per heavy atom. The van der Waals surface area contributed by atoms with Crippen molar-refractivity contribution in [1.82, 2.24) is 0 Å². The lowest BCUT2D eigenvalue weighted by Gasteiger charge is -2.07. The molecule has 0 aromatic heterocycles. The SMILES string of the molecule is O=C(CCCCOc1ccc(Br)c(F)c1)CCCCOc1ccc(Br)c(F)c1. The minimum absolute atomic E-state index is 0.212. The molecule has 0 unspecified atom stereocenters. The predicted molar refractivity (Wildman–Crippen MR) is 112 cm³/mol. The monoisotopic (exact) mass is 518 g/mol. The lowest BCUT2D eigenvalue weighted by molar-refractivity contribution is -0.119. The maximum Gasteiger partial charge on any atom is 0.141 e. The Hall–Kier alpha value is -1.47. The Bertz CT molecular complexity index is 721. The molecule has 0 saturated carbocycles. The molecule has 28 heavy (non-hydrogen) atoms. The highest BCUT2D eigenvalue weighted by molar-refractivity contribution is 9.10. The lowest BCUT2D eigenvalue weighted by atomic mass is 10.1. The number of halogens is 4. The fraction of sp³-hybridized carbons (Fsp3) is 0.381. The van der Waals surface area contributed by atoms with Gasteiger partial charge in [-0.25, -0.2) is 8.78 Å². The van der Waals surface area contributed by atoms with Gasteiger partial charge in [0.05, 0.1) is 22.2 Å². The van der Waals surface area contributed by atoms with E-state index in [1.807, 2.05) is 0 Å². The van der Waals surface area contributed by atoms with Crippen molar-refractivity contribution >= 4 is 37.6 Å². The maximum absolute atomic E-state index is 13.4. The van der Waals surface area contributed by atoms with Crippen LogP contribution in [0.3, 0.4) is 0 Å². The highest BCUT2D eigenvalue weighted by Gasteiger charge is 2.05. The van der Waals surface area contributed by atoms with Crippen LogP contribution in [0.4, 0.5) is 8.78 Å². The van der Waals surface area contributed by atoms with E-state index in [9.17, 15) is 13.6 Å². The van der Waals surface area contributed by atoms with Crippen LogP contribution in [0, 0.1) is 11.6 Å². The van der Waals surface area contributed by atoms with Crippen LogP contribution in [0.5, 0.6) is 11.5 Å². The molecule has 0 aliphatic heterocycles. The molecule has 0 aliphatic rings. The first-order valence-electron chi connectivity index (χ1n) is 9.13. The number of hydrogen-bond donors (Lipinski definition) is 0. The largest absolute Gasteiger partial charge is 0.493 e. The first-order valence-corrected chi connectivity index (χ1v) is 10.7. The summed E-state index contributed by atoms with van der Waals surface area (Å²) in [6.07, 6.45) is 3.98. The average molecular weight is 520 g/mol. The number of rotatable bonds is 12. The summed E-state index contributed by atoms with van der Waals surface area (Å²) in [7, 11) is 0. The number of Topliss-reactive ketones (excluding diaryl/α,β-unsaturated/α-hetero) is 1. The zero-order valence-electron chi connectivity index (χ0n) is 15.4. The van der Waals surface area contributed by atoms with Gasteiger partial charge in [-0.1, -0.05) is 0 Å². The van der Waals surface area contributed by atoms with Crippen molar-refractivity contribution in [1.29, 1.82) is 0 Å². The van der Waals surface area contributed by atoms with Gasteiger partial charge in [-0.3, -0.25) is 4.79 Å². The Labute approximate surface area is 180 Å². The lowest BCUT2D eigenvalue weighted by Crippen LogP contribution is -2.03. The quantitative estimate of drug-likeness (QED) is 0.287. The topological polar surface area (TPSA) is 35.5 Å². The highest BCUT2D eigenvalue weighted by atomic mass is 79.9. The van der Waals surface area contributed by atoms with E-state index in [-0.39, 0.29) is 17.4 Å². The van der Waals surface area contributed by atoms with E-state index in [1.165, 1.54) is 12.1 Å². The Morgan fingerprint density at radius 2 is 1.18 bits per heavy atom. The summed E-state index contributed by atoms with van der Waals surface area (Å²) in [6, 6.07) is 9.27.